The van der Waals surface area contributed by atoms with Gasteiger partial charge in [-0.05, 0) is 58.4 Å². The molecule has 0 saturated carbocycles. The number of amides is 1. The van der Waals surface area contributed by atoms with E-state index in [4.69, 9.17) is 14.7 Å². The van der Waals surface area contributed by atoms with Gasteiger partial charge >= 0.3 is 5.97 Å². The van der Waals surface area contributed by atoms with Crippen molar-refractivity contribution in [3.63, 3.8) is 0 Å². The Morgan fingerprint density at radius 1 is 1.06 bits per heavy atom. The molecule has 2 saturated heterocycles. The first-order valence-electron chi connectivity index (χ1n) is 12.8. The Labute approximate surface area is 218 Å². The molecule has 0 radical (unpaired) electrons. The third-order valence-corrected chi connectivity index (χ3v) is 7.96. The van der Waals surface area contributed by atoms with E-state index in [2.05, 4.69) is 23.8 Å². The van der Waals surface area contributed by atoms with Crippen LogP contribution in [-0.2, 0) is 15.3 Å². The fourth-order valence-electron chi connectivity index (χ4n) is 4.67. The second-order valence-corrected chi connectivity index (χ2v) is 10.6. The number of likely N-dealkylation sites (tertiary alicyclic amines) is 1. The van der Waals surface area contributed by atoms with Gasteiger partial charge in [-0.25, -0.2) is 9.97 Å². The summed E-state index contributed by atoms with van der Waals surface area (Å²) in [7, 11) is 2.16. The van der Waals surface area contributed by atoms with Gasteiger partial charge in [-0.2, -0.15) is 0 Å². The van der Waals surface area contributed by atoms with Crippen molar-refractivity contribution in [3.05, 3.63) is 46.6 Å². The molecule has 1 aromatic carbocycles. The van der Waals surface area contributed by atoms with Gasteiger partial charge in [0.05, 0.1) is 12.5 Å². The average molecular weight is 512 g/mol. The van der Waals surface area contributed by atoms with Crippen LogP contribution >= 0.6 is 11.8 Å². The molecule has 0 bridgehead atoms. The molecule has 2 fully saturated rings. The number of hydrogen-bond donors (Lipinski definition) is 0. The third kappa shape index (κ3) is 6.37. The molecule has 2 aliphatic heterocycles. The van der Waals surface area contributed by atoms with Crippen LogP contribution in [-0.4, -0.2) is 84.6 Å². The van der Waals surface area contributed by atoms with Crippen LogP contribution in [0.3, 0.4) is 0 Å². The number of aryl methyl sites for hydroxylation is 1. The van der Waals surface area contributed by atoms with Crippen LogP contribution in [0.4, 0.5) is 5.82 Å². The maximum atomic E-state index is 13.0. The van der Waals surface area contributed by atoms with Crippen LogP contribution in [0, 0.1) is 19.8 Å². The highest BCUT2D eigenvalue weighted by Crippen LogP contribution is 2.27. The van der Waals surface area contributed by atoms with Crippen molar-refractivity contribution in [2.75, 3.05) is 57.8 Å². The van der Waals surface area contributed by atoms with Gasteiger partial charge in [-0.3, -0.25) is 9.59 Å². The minimum atomic E-state index is -0.230. The number of thioether (sulfide) groups is 1. The minimum Gasteiger partial charge on any atom is -0.466 e. The number of aromatic nitrogens is 2. The van der Waals surface area contributed by atoms with E-state index in [0.29, 0.717) is 25.3 Å². The number of rotatable bonds is 7. The van der Waals surface area contributed by atoms with E-state index in [0.717, 1.165) is 72.6 Å². The van der Waals surface area contributed by atoms with Crippen molar-refractivity contribution in [1.82, 2.24) is 19.8 Å². The van der Waals surface area contributed by atoms with E-state index in [1.165, 1.54) is 0 Å². The molecule has 2 aromatic rings. The summed E-state index contributed by atoms with van der Waals surface area (Å²) in [6, 6.07) is 7.75. The predicted octanol–water partition coefficient (Wildman–Crippen LogP) is 3.55. The highest BCUT2D eigenvalue weighted by molar-refractivity contribution is 7.98. The SMILES string of the molecule is CCOC(=O)C1CCCN(C(=O)c2ccc(CSc3nc(C)c(C)c(N4CCN(C)CC4)n3)cc2)C1. The molecule has 36 heavy (non-hydrogen) atoms. The number of ether oxygens (including phenoxy) is 1. The lowest BCUT2D eigenvalue weighted by atomic mass is 9.97. The van der Waals surface area contributed by atoms with Crippen molar-refractivity contribution in [2.45, 2.75) is 44.5 Å². The molecule has 1 atom stereocenters. The van der Waals surface area contributed by atoms with E-state index in [1.54, 1.807) is 16.7 Å². The Bertz CT molecular complexity index is 1070. The third-order valence-electron chi connectivity index (χ3n) is 7.04. The summed E-state index contributed by atoms with van der Waals surface area (Å²) in [5.74, 6) is 1.31. The summed E-state index contributed by atoms with van der Waals surface area (Å²) < 4.78 is 5.16. The Morgan fingerprint density at radius 3 is 2.47 bits per heavy atom. The summed E-state index contributed by atoms with van der Waals surface area (Å²) in [5, 5.41) is 0.783. The van der Waals surface area contributed by atoms with Gasteiger partial charge in [0.2, 0.25) is 0 Å². The molecule has 0 aliphatic carbocycles. The molecular weight excluding hydrogens is 474 g/mol. The number of anilines is 1. The molecule has 3 heterocycles. The average Bonchev–Trinajstić information content (AvgIpc) is 2.90. The molecule has 4 rings (SSSR count). The first kappa shape index (κ1) is 26.4. The van der Waals surface area contributed by atoms with Crippen LogP contribution in [0.2, 0.25) is 0 Å². The normalized spacial score (nSPS) is 18.8. The van der Waals surface area contributed by atoms with Gasteiger partial charge in [0, 0.05) is 61.8 Å². The number of carbonyl (C=O) groups excluding carboxylic acids is 2. The van der Waals surface area contributed by atoms with Gasteiger partial charge in [0.15, 0.2) is 5.16 Å². The minimum absolute atomic E-state index is 0.0301. The molecule has 2 aliphatic rings. The number of piperazine rings is 1. The van der Waals surface area contributed by atoms with Crippen LogP contribution in [0.1, 0.15) is 46.9 Å². The second kappa shape index (κ2) is 12.1. The standard InChI is InChI=1S/C27H37N5O3S/c1-5-35-26(34)23-7-6-12-32(17-23)25(33)22-10-8-21(9-11-22)18-36-27-28-20(3)19(2)24(29-27)31-15-13-30(4)14-16-31/h8-11,23H,5-7,12-18H2,1-4H3. The fourth-order valence-corrected chi connectivity index (χ4v) is 5.51. The van der Waals surface area contributed by atoms with Gasteiger partial charge < -0.3 is 19.4 Å². The van der Waals surface area contributed by atoms with Crippen molar-refractivity contribution in [1.29, 1.82) is 0 Å². The van der Waals surface area contributed by atoms with Gasteiger partial charge in [0.1, 0.15) is 5.82 Å². The molecule has 8 nitrogen and oxygen atoms in total. The Hall–Kier alpha value is -2.65. The summed E-state index contributed by atoms with van der Waals surface area (Å²) in [6.07, 6.45) is 1.59. The summed E-state index contributed by atoms with van der Waals surface area (Å²) in [4.78, 5) is 41.3. The zero-order valence-corrected chi connectivity index (χ0v) is 22.6. The van der Waals surface area contributed by atoms with Crippen molar-refractivity contribution in [2.24, 2.45) is 5.92 Å². The predicted molar refractivity (Wildman–Crippen MR) is 142 cm³/mol. The number of piperidine rings is 1. The Morgan fingerprint density at radius 2 is 1.78 bits per heavy atom. The van der Waals surface area contributed by atoms with Crippen LogP contribution < -0.4 is 4.90 Å². The quantitative estimate of drug-likeness (QED) is 0.317. The molecule has 1 aromatic heterocycles. The Kier molecular flexibility index (Phi) is 8.85. The monoisotopic (exact) mass is 511 g/mol. The van der Waals surface area contributed by atoms with Gasteiger partial charge in [0.25, 0.3) is 5.91 Å². The summed E-state index contributed by atoms with van der Waals surface area (Å²) in [5.41, 5.74) is 3.93. The van der Waals surface area contributed by atoms with Crippen LogP contribution in [0.25, 0.3) is 0 Å². The summed E-state index contributed by atoms with van der Waals surface area (Å²) >= 11 is 1.62. The van der Waals surface area contributed by atoms with E-state index in [1.807, 2.05) is 38.1 Å². The van der Waals surface area contributed by atoms with Crippen LogP contribution in [0.15, 0.2) is 29.4 Å². The van der Waals surface area contributed by atoms with Gasteiger partial charge in [-0.15, -0.1) is 0 Å². The summed E-state index contributed by atoms with van der Waals surface area (Å²) in [6.45, 7) is 11.5. The molecule has 0 N–H and O–H groups in total. The number of benzene rings is 1. The van der Waals surface area contributed by atoms with Crippen molar-refractivity contribution < 1.29 is 14.3 Å². The molecule has 9 heteroatoms. The topological polar surface area (TPSA) is 78.9 Å². The first-order valence-corrected chi connectivity index (χ1v) is 13.8. The number of likely N-dealkylation sites (N-methyl/N-ethyl adjacent to an activating group) is 1. The highest BCUT2D eigenvalue weighted by atomic mass is 32.2. The lowest BCUT2D eigenvalue weighted by molar-refractivity contribution is -0.149. The maximum absolute atomic E-state index is 13.0. The number of carbonyl (C=O) groups is 2. The number of esters is 1. The Balaban J connectivity index is 1.37. The number of nitrogens with zero attached hydrogens (tertiary/aromatic N) is 5. The first-order chi connectivity index (χ1) is 17.4. The van der Waals surface area contributed by atoms with E-state index in [9.17, 15) is 9.59 Å². The van der Waals surface area contributed by atoms with E-state index in [-0.39, 0.29) is 17.8 Å². The molecular formula is C27H37N5O3S. The maximum Gasteiger partial charge on any atom is 0.310 e. The van der Waals surface area contributed by atoms with Gasteiger partial charge in [-0.1, -0.05) is 23.9 Å². The van der Waals surface area contributed by atoms with E-state index >= 15 is 0 Å². The fraction of sp³-hybridized carbons (Fsp3) is 0.556. The largest absolute Gasteiger partial charge is 0.466 e. The lowest BCUT2D eigenvalue weighted by Crippen LogP contribution is -2.45. The molecule has 1 amide bonds. The highest BCUT2D eigenvalue weighted by Gasteiger charge is 2.29. The smallest absolute Gasteiger partial charge is 0.310 e. The lowest BCUT2D eigenvalue weighted by Gasteiger charge is -2.34. The number of hydrogen-bond acceptors (Lipinski definition) is 8. The molecule has 0 spiro atoms. The van der Waals surface area contributed by atoms with Crippen molar-refractivity contribution in [3.8, 4) is 0 Å². The zero-order valence-electron chi connectivity index (χ0n) is 21.8. The molecule has 1 unspecified atom stereocenters. The van der Waals surface area contributed by atoms with Crippen LogP contribution in [0.5, 0.6) is 0 Å². The zero-order chi connectivity index (χ0) is 25.7. The van der Waals surface area contributed by atoms with Crippen molar-refractivity contribution >= 4 is 29.5 Å². The molecule has 194 valence electrons. The second-order valence-electron chi connectivity index (χ2n) is 9.66. The van der Waals surface area contributed by atoms with E-state index < -0.39 is 0 Å².